The van der Waals surface area contributed by atoms with Gasteiger partial charge in [0, 0.05) is 29.7 Å². The van der Waals surface area contributed by atoms with Gasteiger partial charge in [0.05, 0.1) is 23.7 Å². The van der Waals surface area contributed by atoms with Gasteiger partial charge in [-0.15, -0.1) is 0 Å². The van der Waals surface area contributed by atoms with E-state index in [-0.39, 0.29) is 12.4 Å². The number of ether oxygens (including phenoxy) is 5. The van der Waals surface area contributed by atoms with Crippen LogP contribution < -0.4 is 4.74 Å². The van der Waals surface area contributed by atoms with Gasteiger partial charge in [0.1, 0.15) is 11.9 Å². The van der Waals surface area contributed by atoms with E-state index in [2.05, 4.69) is 22.0 Å². The van der Waals surface area contributed by atoms with Gasteiger partial charge in [0.25, 0.3) is 0 Å². The Bertz CT molecular complexity index is 659. The summed E-state index contributed by atoms with van der Waals surface area (Å²) in [4.78, 5) is 0. The lowest BCUT2D eigenvalue weighted by molar-refractivity contribution is -0.258. The molecular formula is C19H23BrO5. The van der Waals surface area contributed by atoms with E-state index in [1.54, 1.807) is 0 Å². The third-order valence-corrected chi connectivity index (χ3v) is 6.02. The molecule has 0 amide bonds. The average Bonchev–Trinajstić information content (AvgIpc) is 3.12. The highest BCUT2D eigenvalue weighted by molar-refractivity contribution is 9.10. The van der Waals surface area contributed by atoms with Crippen molar-refractivity contribution < 1.29 is 23.7 Å². The van der Waals surface area contributed by atoms with Crippen LogP contribution in [0.3, 0.4) is 0 Å². The molecule has 2 unspecified atom stereocenters. The van der Waals surface area contributed by atoms with Crippen molar-refractivity contribution in [1.82, 2.24) is 0 Å². The van der Waals surface area contributed by atoms with E-state index >= 15 is 0 Å². The largest absolute Gasteiger partial charge is 0.489 e. The Morgan fingerprint density at radius 1 is 1.28 bits per heavy atom. The highest BCUT2D eigenvalue weighted by Gasteiger charge is 2.60. The minimum absolute atomic E-state index is 0.211. The smallest absolute Gasteiger partial charge is 0.190 e. The molecule has 0 radical (unpaired) electrons. The minimum Gasteiger partial charge on any atom is -0.489 e. The van der Waals surface area contributed by atoms with Crippen LogP contribution >= 0.6 is 15.9 Å². The summed E-state index contributed by atoms with van der Waals surface area (Å²) in [5.74, 6) is 1.26. The maximum atomic E-state index is 6.33. The normalized spacial score (nSPS) is 36.3. The van der Waals surface area contributed by atoms with Crippen molar-refractivity contribution >= 4 is 15.9 Å². The van der Waals surface area contributed by atoms with Crippen LogP contribution in [-0.2, 0) is 18.9 Å². The maximum absolute atomic E-state index is 6.33. The lowest BCUT2D eigenvalue weighted by atomic mass is 9.95. The molecule has 3 aliphatic heterocycles. The Morgan fingerprint density at radius 3 is 3.00 bits per heavy atom. The molecule has 1 aromatic carbocycles. The van der Waals surface area contributed by atoms with Gasteiger partial charge < -0.3 is 23.7 Å². The molecule has 5 nitrogen and oxygen atoms in total. The summed E-state index contributed by atoms with van der Waals surface area (Å²) in [6.07, 6.45) is 4.35. The molecule has 1 saturated carbocycles. The average molecular weight is 411 g/mol. The van der Waals surface area contributed by atoms with Crippen molar-refractivity contribution in [2.75, 3.05) is 13.2 Å². The van der Waals surface area contributed by atoms with Gasteiger partial charge >= 0.3 is 0 Å². The SMILES string of the molecule is CCOC(OC1CCCCO1)c1cc(Br)cc2c1O[C@@H]1C[C@H]3O[C@H]3[C@H]21. The summed E-state index contributed by atoms with van der Waals surface area (Å²) >= 11 is 3.65. The number of epoxide rings is 1. The zero-order chi connectivity index (χ0) is 17.0. The van der Waals surface area contributed by atoms with Crippen LogP contribution in [0.25, 0.3) is 0 Å². The van der Waals surface area contributed by atoms with Crippen molar-refractivity contribution in [3.63, 3.8) is 0 Å². The fourth-order valence-electron chi connectivity index (χ4n) is 4.40. The Kier molecular flexibility index (Phi) is 4.29. The van der Waals surface area contributed by atoms with Gasteiger partial charge in [-0.2, -0.15) is 0 Å². The van der Waals surface area contributed by atoms with Crippen LogP contribution in [0, 0.1) is 0 Å². The summed E-state index contributed by atoms with van der Waals surface area (Å²) in [6.45, 7) is 3.30. The Balaban J connectivity index is 1.46. The molecule has 0 aromatic heterocycles. The first-order valence-electron chi connectivity index (χ1n) is 9.28. The summed E-state index contributed by atoms with van der Waals surface area (Å²) in [7, 11) is 0. The van der Waals surface area contributed by atoms with Gasteiger partial charge in [0.15, 0.2) is 12.6 Å². The number of rotatable bonds is 5. The fourth-order valence-corrected chi connectivity index (χ4v) is 4.90. The molecule has 6 atom stereocenters. The van der Waals surface area contributed by atoms with E-state index in [0.717, 1.165) is 48.1 Å². The number of hydrogen-bond donors (Lipinski definition) is 0. The second kappa shape index (κ2) is 6.50. The van der Waals surface area contributed by atoms with E-state index in [9.17, 15) is 0 Å². The second-order valence-electron chi connectivity index (χ2n) is 7.19. The Labute approximate surface area is 156 Å². The first-order chi connectivity index (χ1) is 12.2. The second-order valence-corrected chi connectivity index (χ2v) is 8.11. The van der Waals surface area contributed by atoms with E-state index < -0.39 is 6.29 Å². The maximum Gasteiger partial charge on any atom is 0.190 e. The van der Waals surface area contributed by atoms with Crippen LogP contribution in [-0.4, -0.2) is 37.8 Å². The predicted octanol–water partition coefficient (Wildman–Crippen LogP) is 4.04. The van der Waals surface area contributed by atoms with Crippen molar-refractivity contribution in [2.24, 2.45) is 0 Å². The molecule has 3 fully saturated rings. The van der Waals surface area contributed by atoms with E-state index in [4.69, 9.17) is 23.7 Å². The molecule has 3 heterocycles. The number of fused-ring (bicyclic) bond motifs is 5. The fraction of sp³-hybridized carbons (Fsp3) is 0.684. The zero-order valence-electron chi connectivity index (χ0n) is 14.3. The molecule has 0 N–H and O–H groups in total. The van der Waals surface area contributed by atoms with E-state index in [0.29, 0.717) is 24.7 Å². The quantitative estimate of drug-likeness (QED) is 0.541. The van der Waals surface area contributed by atoms with Gasteiger partial charge in [-0.25, -0.2) is 0 Å². The molecule has 0 bridgehead atoms. The molecule has 4 aliphatic rings. The minimum atomic E-state index is -0.478. The molecule has 1 aliphatic carbocycles. The Hall–Kier alpha value is -0.660. The van der Waals surface area contributed by atoms with Crippen LogP contribution in [0.5, 0.6) is 5.75 Å². The molecule has 6 heteroatoms. The van der Waals surface area contributed by atoms with Crippen LogP contribution in [0.15, 0.2) is 16.6 Å². The van der Waals surface area contributed by atoms with Gasteiger partial charge in [-0.1, -0.05) is 15.9 Å². The molecule has 0 spiro atoms. The summed E-state index contributed by atoms with van der Waals surface area (Å²) in [5, 5.41) is 0. The first-order valence-corrected chi connectivity index (χ1v) is 10.1. The molecular weight excluding hydrogens is 388 g/mol. The Morgan fingerprint density at radius 2 is 2.20 bits per heavy atom. The number of hydrogen-bond acceptors (Lipinski definition) is 5. The third-order valence-electron chi connectivity index (χ3n) is 5.57. The van der Waals surface area contributed by atoms with Crippen molar-refractivity contribution in [3.8, 4) is 5.75 Å². The zero-order valence-corrected chi connectivity index (χ0v) is 15.9. The summed E-state index contributed by atoms with van der Waals surface area (Å²) in [6, 6.07) is 4.21. The highest BCUT2D eigenvalue weighted by Crippen LogP contribution is 2.57. The number of benzene rings is 1. The predicted molar refractivity (Wildman–Crippen MR) is 93.6 cm³/mol. The molecule has 1 aromatic rings. The topological polar surface area (TPSA) is 49.5 Å². The van der Waals surface area contributed by atoms with Crippen molar-refractivity contribution in [2.45, 2.75) is 69.4 Å². The lowest BCUT2D eigenvalue weighted by Gasteiger charge is -2.28. The molecule has 25 heavy (non-hydrogen) atoms. The standard InChI is InChI=1S/C19H23BrO5/c1-2-21-19(25-15-5-3-4-6-22-15)12-8-10(20)7-11-16-13(23-17(11)12)9-14-18(16)24-14/h7-8,13-16,18-19H,2-6,9H2,1H3/t13-,14-,15?,16-,18-,19?/m1/s1. The van der Waals surface area contributed by atoms with Gasteiger partial charge in [-0.05, 0) is 38.3 Å². The summed E-state index contributed by atoms with van der Waals surface area (Å²) < 4.78 is 31.0. The lowest BCUT2D eigenvalue weighted by Crippen LogP contribution is -2.26. The van der Waals surface area contributed by atoms with Crippen molar-refractivity contribution in [3.05, 3.63) is 27.7 Å². The third kappa shape index (κ3) is 2.92. The monoisotopic (exact) mass is 410 g/mol. The number of halogens is 1. The van der Waals surface area contributed by atoms with Crippen molar-refractivity contribution in [1.29, 1.82) is 0 Å². The van der Waals surface area contributed by atoms with Crippen LogP contribution in [0.1, 0.15) is 55.9 Å². The van der Waals surface area contributed by atoms with Gasteiger partial charge in [0.2, 0.25) is 0 Å². The molecule has 5 rings (SSSR count). The van der Waals surface area contributed by atoms with Crippen LogP contribution in [0.2, 0.25) is 0 Å². The highest BCUT2D eigenvalue weighted by atomic mass is 79.9. The first kappa shape index (κ1) is 16.5. The molecule has 136 valence electrons. The van der Waals surface area contributed by atoms with Gasteiger partial charge in [-0.3, -0.25) is 0 Å². The molecule has 2 saturated heterocycles. The summed E-state index contributed by atoms with van der Waals surface area (Å²) in [5.41, 5.74) is 2.17. The van der Waals surface area contributed by atoms with Crippen LogP contribution in [0.4, 0.5) is 0 Å². The van der Waals surface area contributed by atoms with E-state index in [1.807, 2.05) is 13.0 Å². The van der Waals surface area contributed by atoms with E-state index in [1.165, 1.54) is 5.56 Å².